The van der Waals surface area contributed by atoms with Gasteiger partial charge in [0.15, 0.2) is 0 Å². The number of hydrogen-bond acceptors (Lipinski definition) is 3. The van der Waals surface area contributed by atoms with Crippen molar-refractivity contribution in [3.63, 3.8) is 0 Å². The highest BCUT2D eigenvalue weighted by Gasteiger charge is 2.26. The van der Waals surface area contributed by atoms with Gasteiger partial charge in [0.1, 0.15) is 0 Å². The number of carbonyl (C=O) groups excluding carboxylic acids is 2. The van der Waals surface area contributed by atoms with Gasteiger partial charge in [-0.05, 0) is 12.5 Å². The van der Waals surface area contributed by atoms with E-state index in [2.05, 4.69) is 12.1 Å². The zero-order valence-corrected chi connectivity index (χ0v) is 14.1. The van der Waals surface area contributed by atoms with Gasteiger partial charge in [-0.3, -0.25) is 9.59 Å². The summed E-state index contributed by atoms with van der Waals surface area (Å²) < 4.78 is 0. The second-order valence-corrected chi connectivity index (χ2v) is 6.83. The number of benzene rings is 1. The molecule has 1 fully saturated rings. The van der Waals surface area contributed by atoms with Gasteiger partial charge in [0.25, 0.3) is 0 Å². The average Bonchev–Trinajstić information content (AvgIpc) is 2.59. The molecule has 1 aliphatic heterocycles. The minimum absolute atomic E-state index is 0.0476. The summed E-state index contributed by atoms with van der Waals surface area (Å²) in [6.07, 6.45) is 0.539. The molecule has 0 radical (unpaired) electrons. The monoisotopic (exact) mass is 320 g/mol. The van der Waals surface area contributed by atoms with Crippen molar-refractivity contribution in [2.45, 2.75) is 31.3 Å². The van der Waals surface area contributed by atoms with Crippen LogP contribution >= 0.6 is 11.8 Å². The molecular formula is C17H24N2O2S. The molecule has 2 amide bonds. The smallest absolute Gasteiger partial charge is 0.235 e. The summed E-state index contributed by atoms with van der Waals surface area (Å²) in [5.41, 5.74) is 1.24. The minimum atomic E-state index is -0.0476. The maximum absolute atomic E-state index is 12.5. The van der Waals surface area contributed by atoms with Gasteiger partial charge in [-0.25, -0.2) is 0 Å². The van der Waals surface area contributed by atoms with E-state index in [1.165, 1.54) is 5.56 Å². The van der Waals surface area contributed by atoms with Crippen LogP contribution in [-0.2, 0) is 15.3 Å². The zero-order valence-electron chi connectivity index (χ0n) is 13.3. The molecule has 1 heterocycles. The Kier molecular flexibility index (Phi) is 6.31. The first-order valence-corrected chi connectivity index (χ1v) is 8.88. The largest absolute Gasteiger partial charge is 0.339 e. The highest BCUT2D eigenvalue weighted by atomic mass is 32.2. The van der Waals surface area contributed by atoms with E-state index in [0.717, 1.165) is 5.75 Å². The molecule has 0 bridgehead atoms. The fraction of sp³-hybridized carbons (Fsp3) is 0.529. The fourth-order valence-electron chi connectivity index (χ4n) is 2.52. The van der Waals surface area contributed by atoms with Crippen LogP contribution in [0.5, 0.6) is 0 Å². The number of piperazine rings is 1. The lowest BCUT2D eigenvalue weighted by Crippen LogP contribution is -2.52. The maximum Gasteiger partial charge on any atom is 0.235 e. The fourth-order valence-corrected chi connectivity index (χ4v) is 3.45. The van der Waals surface area contributed by atoms with Crippen LogP contribution in [0.3, 0.4) is 0 Å². The molecule has 1 saturated heterocycles. The number of nitrogens with zero attached hydrogens (tertiary/aromatic N) is 2. The van der Waals surface area contributed by atoms with Gasteiger partial charge in [0.05, 0.1) is 5.25 Å². The predicted octanol–water partition coefficient (Wildman–Crippen LogP) is 2.39. The van der Waals surface area contributed by atoms with E-state index >= 15 is 0 Å². The number of hydrogen-bond donors (Lipinski definition) is 0. The highest BCUT2D eigenvalue weighted by molar-refractivity contribution is 7.99. The van der Waals surface area contributed by atoms with Crippen molar-refractivity contribution in [2.75, 3.05) is 26.2 Å². The molecule has 120 valence electrons. The summed E-state index contributed by atoms with van der Waals surface area (Å²) >= 11 is 1.67. The minimum Gasteiger partial charge on any atom is -0.339 e. The molecule has 0 aromatic heterocycles. The van der Waals surface area contributed by atoms with E-state index in [1.54, 1.807) is 11.8 Å². The molecule has 0 N–H and O–H groups in total. The molecule has 1 aromatic rings. The Morgan fingerprint density at radius 2 is 1.68 bits per heavy atom. The average molecular weight is 320 g/mol. The molecule has 0 saturated carbocycles. The summed E-state index contributed by atoms with van der Waals surface area (Å²) in [6.45, 7) is 6.48. The summed E-state index contributed by atoms with van der Waals surface area (Å²) in [5, 5.41) is -0.0476. The van der Waals surface area contributed by atoms with Crippen molar-refractivity contribution < 1.29 is 9.59 Å². The summed E-state index contributed by atoms with van der Waals surface area (Å²) in [5.74, 6) is 1.21. The van der Waals surface area contributed by atoms with E-state index in [9.17, 15) is 9.59 Å². The van der Waals surface area contributed by atoms with Crippen LogP contribution in [0, 0.1) is 0 Å². The Balaban J connectivity index is 1.78. The first-order chi connectivity index (χ1) is 10.6. The van der Waals surface area contributed by atoms with E-state index in [4.69, 9.17) is 0 Å². The van der Waals surface area contributed by atoms with Gasteiger partial charge in [-0.15, -0.1) is 11.8 Å². The Hall–Kier alpha value is -1.49. The second-order valence-electron chi connectivity index (χ2n) is 5.50. The quantitative estimate of drug-likeness (QED) is 0.836. The molecule has 22 heavy (non-hydrogen) atoms. The van der Waals surface area contributed by atoms with Crippen LogP contribution in [0.2, 0.25) is 0 Å². The Labute approximate surface area is 136 Å². The lowest BCUT2D eigenvalue weighted by Gasteiger charge is -2.35. The van der Waals surface area contributed by atoms with Crippen LogP contribution in [-0.4, -0.2) is 53.0 Å². The van der Waals surface area contributed by atoms with Crippen molar-refractivity contribution >= 4 is 23.6 Å². The second kappa shape index (κ2) is 8.22. The van der Waals surface area contributed by atoms with E-state index in [-0.39, 0.29) is 17.1 Å². The normalized spacial score (nSPS) is 16.5. The first kappa shape index (κ1) is 16.9. The van der Waals surface area contributed by atoms with Crippen molar-refractivity contribution in [1.82, 2.24) is 9.80 Å². The van der Waals surface area contributed by atoms with Crippen molar-refractivity contribution in [1.29, 1.82) is 0 Å². The van der Waals surface area contributed by atoms with Gasteiger partial charge >= 0.3 is 0 Å². The van der Waals surface area contributed by atoms with Crippen molar-refractivity contribution in [2.24, 2.45) is 0 Å². The highest BCUT2D eigenvalue weighted by Crippen LogP contribution is 2.20. The molecular weight excluding hydrogens is 296 g/mol. The SMILES string of the molecule is CCC(=O)N1CCN(C(=O)[C@@H](C)SCc2ccccc2)CC1. The van der Waals surface area contributed by atoms with Crippen LogP contribution < -0.4 is 0 Å². The van der Waals surface area contributed by atoms with Crippen LogP contribution in [0.15, 0.2) is 30.3 Å². The van der Waals surface area contributed by atoms with Gasteiger partial charge in [0.2, 0.25) is 11.8 Å². The van der Waals surface area contributed by atoms with Gasteiger partial charge < -0.3 is 9.80 Å². The molecule has 1 aliphatic rings. The third-order valence-electron chi connectivity index (χ3n) is 3.94. The standard InChI is InChI=1S/C17H24N2O2S/c1-3-16(20)18-9-11-19(12-10-18)17(21)14(2)22-13-15-7-5-4-6-8-15/h4-8,14H,3,9-13H2,1-2H3/t14-/m1/s1. The number of amides is 2. The predicted molar refractivity (Wildman–Crippen MR) is 90.7 cm³/mol. The molecule has 4 nitrogen and oxygen atoms in total. The maximum atomic E-state index is 12.5. The third kappa shape index (κ3) is 4.50. The third-order valence-corrected chi connectivity index (χ3v) is 5.14. The first-order valence-electron chi connectivity index (χ1n) is 7.84. The van der Waals surface area contributed by atoms with E-state index in [1.807, 2.05) is 41.8 Å². The zero-order chi connectivity index (χ0) is 15.9. The number of thioether (sulfide) groups is 1. The number of carbonyl (C=O) groups is 2. The Bertz CT molecular complexity index is 499. The summed E-state index contributed by atoms with van der Waals surface area (Å²) in [4.78, 5) is 27.9. The summed E-state index contributed by atoms with van der Waals surface area (Å²) in [7, 11) is 0. The van der Waals surface area contributed by atoms with E-state index in [0.29, 0.717) is 32.6 Å². The Morgan fingerprint density at radius 3 is 2.27 bits per heavy atom. The van der Waals surface area contributed by atoms with Crippen molar-refractivity contribution in [3.05, 3.63) is 35.9 Å². The molecule has 2 rings (SSSR count). The molecule has 0 spiro atoms. The molecule has 0 aliphatic carbocycles. The van der Waals surface area contributed by atoms with Gasteiger partial charge in [0, 0.05) is 38.4 Å². The van der Waals surface area contributed by atoms with Crippen LogP contribution in [0.4, 0.5) is 0 Å². The van der Waals surface area contributed by atoms with Gasteiger partial charge in [-0.2, -0.15) is 0 Å². The topological polar surface area (TPSA) is 40.6 Å². The molecule has 1 atom stereocenters. The molecule has 0 unspecified atom stereocenters. The van der Waals surface area contributed by atoms with Crippen LogP contribution in [0.1, 0.15) is 25.8 Å². The lowest BCUT2D eigenvalue weighted by atomic mass is 10.2. The molecule has 5 heteroatoms. The summed E-state index contributed by atoms with van der Waals surface area (Å²) in [6, 6.07) is 10.2. The number of rotatable bonds is 5. The van der Waals surface area contributed by atoms with E-state index < -0.39 is 0 Å². The Morgan fingerprint density at radius 1 is 1.09 bits per heavy atom. The van der Waals surface area contributed by atoms with Gasteiger partial charge in [-0.1, -0.05) is 37.3 Å². The molecule has 1 aromatic carbocycles. The van der Waals surface area contributed by atoms with Crippen molar-refractivity contribution in [3.8, 4) is 0 Å². The lowest BCUT2D eigenvalue weighted by molar-refractivity contribution is -0.138. The van der Waals surface area contributed by atoms with Crippen LogP contribution in [0.25, 0.3) is 0 Å².